The third-order valence-corrected chi connectivity index (χ3v) is 6.21. The maximum atomic E-state index is 13.1. The van der Waals surface area contributed by atoms with Gasteiger partial charge in [-0.05, 0) is 69.2 Å². The Morgan fingerprint density at radius 1 is 1.19 bits per heavy atom. The van der Waals surface area contributed by atoms with Gasteiger partial charge in [-0.1, -0.05) is 6.07 Å². The molecule has 0 saturated carbocycles. The Labute approximate surface area is 211 Å². The lowest BCUT2D eigenvalue weighted by atomic mass is 9.90. The Balaban J connectivity index is 1.63. The van der Waals surface area contributed by atoms with Gasteiger partial charge in [0, 0.05) is 42.3 Å². The van der Waals surface area contributed by atoms with E-state index in [1.54, 1.807) is 44.4 Å². The Morgan fingerprint density at radius 3 is 2.69 bits per heavy atom. The molecule has 36 heavy (non-hydrogen) atoms. The molecule has 0 aliphatic carbocycles. The van der Waals surface area contributed by atoms with Gasteiger partial charge in [-0.3, -0.25) is 9.78 Å². The number of nitriles is 1. The fourth-order valence-electron chi connectivity index (χ4n) is 4.05. The van der Waals surface area contributed by atoms with E-state index in [-0.39, 0.29) is 5.91 Å². The first-order chi connectivity index (χ1) is 17.3. The standard InChI is InChI=1S/C28H31N5O3/c1-5-36-27-24(33-10-12-35-13-11-33)15-21(17-31-27)23-14-20(7-6-19(23)2)26(34)32-22-8-9-30-25(16-22)28(3,4)18-29/h6-9,14-17H,5,10-13H2,1-4H3,(H,30,32,34). The van der Waals surface area contributed by atoms with Crippen LogP contribution in [0.4, 0.5) is 11.4 Å². The highest BCUT2D eigenvalue weighted by Gasteiger charge is 2.22. The van der Waals surface area contributed by atoms with E-state index in [1.807, 2.05) is 26.0 Å². The highest BCUT2D eigenvalue weighted by molar-refractivity contribution is 6.05. The smallest absolute Gasteiger partial charge is 0.255 e. The first-order valence-corrected chi connectivity index (χ1v) is 12.1. The molecule has 8 heteroatoms. The second-order valence-electron chi connectivity index (χ2n) is 9.23. The number of hydrogen-bond donors (Lipinski definition) is 1. The van der Waals surface area contributed by atoms with Crippen molar-refractivity contribution in [3.63, 3.8) is 0 Å². The molecule has 1 N–H and O–H groups in total. The Bertz CT molecular complexity index is 1290. The van der Waals surface area contributed by atoms with Gasteiger partial charge in [0.15, 0.2) is 0 Å². The van der Waals surface area contributed by atoms with E-state index in [0.29, 0.717) is 42.6 Å². The molecule has 1 aliphatic heterocycles. The number of pyridine rings is 2. The van der Waals surface area contributed by atoms with E-state index in [1.165, 1.54) is 0 Å². The predicted octanol–water partition coefficient (Wildman–Crippen LogP) is 4.74. The minimum Gasteiger partial charge on any atom is -0.476 e. The second-order valence-corrected chi connectivity index (χ2v) is 9.23. The van der Waals surface area contributed by atoms with E-state index >= 15 is 0 Å². The SMILES string of the molecule is CCOc1ncc(-c2cc(C(=O)Nc3ccnc(C(C)(C)C#N)c3)ccc2C)cc1N1CCOCC1. The van der Waals surface area contributed by atoms with Gasteiger partial charge in [0.05, 0.1) is 37.0 Å². The number of amides is 1. The molecule has 1 fully saturated rings. The van der Waals surface area contributed by atoms with E-state index in [9.17, 15) is 10.1 Å². The summed E-state index contributed by atoms with van der Waals surface area (Å²) in [4.78, 5) is 24.3. The van der Waals surface area contributed by atoms with E-state index < -0.39 is 5.41 Å². The van der Waals surface area contributed by atoms with Crippen molar-refractivity contribution in [2.75, 3.05) is 43.1 Å². The van der Waals surface area contributed by atoms with Crippen molar-refractivity contribution >= 4 is 17.3 Å². The summed E-state index contributed by atoms with van der Waals surface area (Å²) in [7, 11) is 0. The minimum atomic E-state index is -0.753. The molecular weight excluding hydrogens is 454 g/mol. The Hall–Kier alpha value is -3.96. The molecule has 3 aromatic rings. The third-order valence-electron chi connectivity index (χ3n) is 6.21. The van der Waals surface area contributed by atoms with Gasteiger partial charge in [0.25, 0.3) is 5.91 Å². The quantitative estimate of drug-likeness (QED) is 0.516. The zero-order chi connectivity index (χ0) is 25.7. The van der Waals surface area contributed by atoms with Crippen molar-refractivity contribution in [3.05, 3.63) is 65.6 Å². The van der Waals surface area contributed by atoms with Crippen LogP contribution >= 0.6 is 0 Å². The van der Waals surface area contributed by atoms with Crippen LogP contribution in [0.3, 0.4) is 0 Å². The highest BCUT2D eigenvalue weighted by atomic mass is 16.5. The molecule has 0 atom stereocenters. The molecule has 1 aromatic carbocycles. The lowest BCUT2D eigenvalue weighted by Crippen LogP contribution is -2.36. The lowest BCUT2D eigenvalue weighted by molar-refractivity contribution is 0.102. The Kier molecular flexibility index (Phi) is 7.51. The van der Waals surface area contributed by atoms with Crippen LogP contribution in [0.2, 0.25) is 0 Å². The summed E-state index contributed by atoms with van der Waals surface area (Å²) in [5.41, 5.74) is 4.76. The number of anilines is 2. The molecular formula is C28H31N5O3. The number of nitrogens with zero attached hydrogens (tertiary/aromatic N) is 4. The highest BCUT2D eigenvalue weighted by Crippen LogP contribution is 2.34. The first-order valence-electron chi connectivity index (χ1n) is 12.1. The predicted molar refractivity (Wildman–Crippen MR) is 139 cm³/mol. The molecule has 0 unspecified atom stereocenters. The molecule has 3 heterocycles. The lowest BCUT2D eigenvalue weighted by Gasteiger charge is -2.30. The minimum absolute atomic E-state index is 0.240. The summed E-state index contributed by atoms with van der Waals surface area (Å²) < 4.78 is 11.3. The summed E-state index contributed by atoms with van der Waals surface area (Å²) in [6, 6.07) is 13.4. The molecule has 186 valence electrons. The van der Waals surface area contributed by atoms with Gasteiger partial charge < -0.3 is 19.7 Å². The molecule has 8 nitrogen and oxygen atoms in total. The average Bonchev–Trinajstić information content (AvgIpc) is 2.90. The number of ether oxygens (including phenoxy) is 2. The molecule has 0 spiro atoms. The van der Waals surface area contributed by atoms with Gasteiger partial charge >= 0.3 is 0 Å². The van der Waals surface area contributed by atoms with Crippen LogP contribution in [0.5, 0.6) is 5.88 Å². The van der Waals surface area contributed by atoms with Crippen LogP contribution in [0.25, 0.3) is 11.1 Å². The van der Waals surface area contributed by atoms with Gasteiger partial charge in [-0.15, -0.1) is 0 Å². The molecule has 4 rings (SSSR count). The number of aromatic nitrogens is 2. The van der Waals surface area contributed by atoms with Crippen LogP contribution in [-0.4, -0.2) is 48.8 Å². The molecule has 0 radical (unpaired) electrons. The second kappa shape index (κ2) is 10.8. The van der Waals surface area contributed by atoms with E-state index in [4.69, 9.17) is 9.47 Å². The van der Waals surface area contributed by atoms with Crippen LogP contribution in [0.1, 0.15) is 42.4 Å². The normalized spacial score (nSPS) is 13.7. The van der Waals surface area contributed by atoms with Crippen LogP contribution < -0.4 is 15.0 Å². The molecule has 1 aliphatic rings. The summed E-state index contributed by atoms with van der Waals surface area (Å²) in [5.74, 6) is 0.360. The number of carbonyl (C=O) groups excluding carboxylic acids is 1. The summed E-state index contributed by atoms with van der Waals surface area (Å²) in [6.45, 7) is 10.9. The molecule has 2 aromatic heterocycles. The number of nitrogens with one attached hydrogen (secondary N) is 1. The van der Waals surface area contributed by atoms with Gasteiger partial charge in [0.1, 0.15) is 5.69 Å². The molecule has 0 bridgehead atoms. The first kappa shape index (κ1) is 25.1. The number of hydrogen-bond acceptors (Lipinski definition) is 7. The fourth-order valence-corrected chi connectivity index (χ4v) is 4.05. The largest absolute Gasteiger partial charge is 0.476 e. The monoisotopic (exact) mass is 485 g/mol. The summed E-state index contributed by atoms with van der Waals surface area (Å²) in [5, 5.41) is 12.3. The van der Waals surface area contributed by atoms with Crippen LogP contribution in [-0.2, 0) is 10.2 Å². The van der Waals surface area contributed by atoms with Crippen molar-refractivity contribution in [1.82, 2.24) is 9.97 Å². The van der Waals surface area contributed by atoms with Crippen molar-refractivity contribution in [3.8, 4) is 23.1 Å². The number of aryl methyl sites for hydroxylation is 1. The van der Waals surface area contributed by atoms with Gasteiger partial charge in [-0.2, -0.15) is 5.26 Å². The maximum Gasteiger partial charge on any atom is 0.255 e. The molecule has 1 amide bonds. The number of benzene rings is 1. The summed E-state index contributed by atoms with van der Waals surface area (Å²) >= 11 is 0. The van der Waals surface area contributed by atoms with Crippen molar-refractivity contribution in [1.29, 1.82) is 5.26 Å². The third kappa shape index (κ3) is 5.47. The van der Waals surface area contributed by atoms with Crippen LogP contribution in [0.15, 0.2) is 48.8 Å². The van der Waals surface area contributed by atoms with Crippen molar-refractivity contribution in [2.24, 2.45) is 0 Å². The topological polar surface area (TPSA) is 100 Å². The zero-order valence-electron chi connectivity index (χ0n) is 21.2. The fraction of sp³-hybridized carbons (Fsp3) is 0.357. The van der Waals surface area contributed by atoms with Crippen LogP contribution in [0, 0.1) is 18.3 Å². The van der Waals surface area contributed by atoms with Crippen molar-refractivity contribution < 1.29 is 14.3 Å². The number of rotatable bonds is 7. The van der Waals surface area contributed by atoms with Gasteiger partial charge in [-0.25, -0.2) is 4.98 Å². The Morgan fingerprint density at radius 2 is 1.97 bits per heavy atom. The maximum absolute atomic E-state index is 13.1. The van der Waals surface area contributed by atoms with E-state index in [0.717, 1.165) is 35.5 Å². The summed E-state index contributed by atoms with van der Waals surface area (Å²) in [6.07, 6.45) is 3.39. The number of morpholine rings is 1. The average molecular weight is 486 g/mol. The zero-order valence-corrected chi connectivity index (χ0v) is 21.2. The van der Waals surface area contributed by atoms with E-state index in [2.05, 4.69) is 32.3 Å². The molecule has 1 saturated heterocycles. The van der Waals surface area contributed by atoms with Crippen molar-refractivity contribution in [2.45, 2.75) is 33.1 Å². The van der Waals surface area contributed by atoms with Gasteiger partial charge in [0.2, 0.25) is 5.88 Å². The number of carbonyl (C=O) groups is 1.